The van der Waals surface area contributed by atoms with E-state index in [0.717, 1.165) is 28.2 Å². The predicted molar refractivity (Wildman–Crippen MR) is 119 cm³/mol. The molecule has 0 aromatic heterocycles. The summed E-state index contributed by atoms with van der Waals surface area (Å²) in [7, 11) is 1.62. The second kappa shape index (κ2) is 9.10. The van der Waals surface area contributed by atoms with Gasteiger partial charge < -0.3 is 9.47 Å². The highest BCUT2D eigenvalue weighted by molar-refractivity contribution is 6.13. The summed E-state index contributed by atoms with van der Waals surface area (Å²) in [6.45, 7) is 0.491. The molecule has 3 nitrogen and oxygen atoms in total. The molecular formula is C27H22O3. The molecule has 0 aliphatic rings. The minimum Gasteiger partial charge on any atom is -0.497 e. The van der Waals surface area contributed by atoms with Gasteiger partial charge in [-0.2, -0.15) is 0 Å². The van der Waals surface area contributed by atoms with Crippen molar-refractivity contribution in [1.29, 1.82) is 0 Å². The van der Waals surface area contributed by atoms with E-state index < -0.39 is 0 Å². The molecule has 0 fully saturated rings. The van der Waals surface area contributed by atoms with E-state index >= 15 is 0 Å². The fraction of sp³-hybridized carbons (Fsp3) is 0.0741. The topological polar surface area (TPSA) is 35.5 Å². The molecule has 4 aromatic carbocycles. The Hall–Kier alpha value is -3.85. The fourth-order valence-corrected chi connectivity index (χ4v) is 3.30. The van der Waals surface area contributed by atoms with Gasteiger partial charge >= 0.3 is 0 Å². The van der Waals surface area contributed by atoms with Crippen molar-refractivity contribution >= 4 is 5.78 Å². The molecular weight excluding hydrogens is 372 g/mol. The molecule has 0 saturated heterocycles. The van der Waals surface area contributed by atoms with Crippen molar-refractivity contribution in [1.82, 2.24) is 0 Å². The van der Waals surface area contributed by atoms with Crippen molar-refractivity contribution in [3.8, 4) is 22.6 Å². The second-order valence-electron chi connectivity index (χ2n) is 6.91. The van der Waals surface area contributed by atoms with E-state index in [2.05, 4.69) is 0 Å². The van der Waals surface area contributed by atoms with Gasteiger partial charge in [0.1, 0.15) is 18.1 Å². The summed E-state index contributed by atoms with van der Waals surface area (Å²) in [6, 6.07) is 32.7. The van der Waals surface area contributed by atoms with Gasteiger partial charge in [0.05, 0.1) is 7.11 Å². The first-order valence-electron chi connectivity index (χ1n) is 9.79. The molecule has 0 heterocycles. The number of ketones is 1. The van der Waals surface area contributed by atoms with Crippen LogP contribution in [0, 0.1) is 0 Å². The minimum atomic E-state index is -0.0360. The first kappa shape index (κ1) is 19.5. The maximum atomic E-state index is 13.2. The van der Waals surface area contributed by atoms with Gasteiger partial charge in [-0.1, -0.05) is 60.7 Å². The monoisotopic (exact) mass is 394 g/mol. The highest BCUT2D eigenvalue weighted by Gasteiger charge is 2.16. The Bertz CT molecular complexity index is 1120. The van der Waals surface area contributed by atoms with Crippen LogP contribution in [0.2, 0.25) is 0 Å². The lowest BCUT2D eigenvalue weighted by Gasteiger charge is -2.12. The van der Waals surface area contributed by atoms with Crippen LogP contribution >= 0.6 is 0 Å². The van der Waals surface area contributed by atoms with Crippen LogP contribution < -0.4 is 9.47 Å². The van der Waals surface area contributed by atoms with Gasteiger partial charge in [-0.3, -0.25) is 4.79 Å². The molecule has 3 heteroatoms. The Morgan fingerprint density at radius 3 is 2.03 bits per heavy atom. The van der Waals surface area contributed by atoms with Crippen LogP contribution in [0.5, 0.6) is 11.5 Å². The van der Waals surface area contributed by atoms with Crippen LogP contribution in [0.4, 0.5) is 0 Å². The third kappa shape index (κ3) is 4.41. The Morgan fingerprint density at radius 2 is 1.37 bits per heavy atom. The molecule has 0 saturated carbocycles. The molecule has 0 amide bonds. The summed E-state index contributed by atoms with van der Waals surface area (Å²) in [4.78, 5) is 13.2. The molecule has 0 unspecified atom stereocenters. The first-order chi connectivity index (χ1) is 14.7. The van der Waals surface area contributed by atoms with E-state index in [-0.39, 0.29) is 5.78 Å². The minimum absolute atomic E-state index is 0.0360. The first-order valence-corrected chi connectivity index (χ1v) is 9.79. The Morgan fingerprint density at radius 1 is 0.733 bits per heavy atom. The van der Waals surface area contributed by atoms with Gasteiger partial charge in [0.25, 0.3) is 0 Å². The summed E-state index contributed by atoms with van der Waals surface area (Å²) < 4.78 is 11.2. The van der Waals surface area contributed by atoms with E-state index in [1.54, 1.807) is 7.11 Å². The third-order valence-corrected chi connectivity index (χ3v) is 4.92. The van der Waals surface area contributed by atoms with Gasteiger partial charge in [-0.05, 0) is 59.2 Å². The zero-order valence-electron chi connectivity index (χ0n) is 16.7. The number of ether oxygens (including phenoxy) is 2. The lowest BCUT2D eigenvalue weighted by molar-refractivity contribution is 0.103. The fourth-order valence-electron chi connectivity index (χ4n) is 3.30. The summed E-state index contributed by atoms with van der Waals surface area (Å²) in [5.41, 5.74) is 4.18. The molecule has 0 bridgehead atoms. The maximum absolute atomic E-state index is 13.2. The van der Waals surface area contributed by atoms with Crippen LogP contribution in [-0.4, -0.2) is 12.9 Å². The average molecular weight is 394 g/mol. The van der Waals surface area contributed by atoms with Gasteiger partial charge in [-0.25, -0.2) is 0 Å². The number of rotatable bonds is 7. The van der Waals surface area contributed by atoms with Crippen LogP contribution in [0.1, 0.15) is 21.5 Å². The normalized spacial score (nSPS) is 10.4. The average Bonchev–Trinajstić information content (AvgIpc) is 2.83. The molecule has 148 valence electrons. The highest BCUT2D eigenvalue weighted by atomic mass is 16.5. The highest BCUT2D eigenvalue weighted by Crippen LogP contribution is 2.30. The standard InChI is InChI=1S/C27H22O3/c1-29-24-16-17-25(26(18-24)21-10-6-3-7-11-21)27(28)22-12-14-23(15-13-22)30-19-20-8-4-2-5-9-20/h2-18H,19H2,1H3. The quantitative estimate of drug-likeness (QED) is 0.352. The predicted octanol–water partition coefficient (Wildman–Crippen LogP) is 6.17. The number of hydrogen-bond donors (Lipinski definition) is 0. The molecule has 4 rings (SSSR count). The third-order valence-electron chi connectivity index (χ3n) is 4.92. The maximum Gasteiger partial charge on any atom is 0.193 e. The summed E-state index contributed by atoms with van der Waals surface area (Å²) in [6.07, 6.45) is 0. The number of methoxy groups -OCH3 is 1. The van der Waals surface area contributed by atoms with E-state index in [1.165, 1.54) is 0 Å². The van der Waals surface area contributed by atoms with Gasteiger partial charge in [0, 0.05) is 11.1 Å². The van der Waals surface area contributed by atoms with Crippen molar-refractivity contribution in [3.05, 3.63) is 120 Å². The lowest BCUT2D eigenvalue weighted by atomic mass is 9.93. The Kier molecular flexibility index (Phi) is 5.90. The van der Waals surface area contributed by atoms with E-state index in [9.17, 15) is 4.79 Å². The van der Waals surface area contributed by atoms with Gasteiger partial charge in [0.2, 0.25) is 0 Å². The van der Waals surface area contributed by atoms with Gasteiger partial charge in [-0.15, -0.1) is 0 Å². The molecule has 0 atom stereocenters. The summed E-state index contributed by atoms with van der Waals surface area (Å²) >= 11 is 0. The molecule has 30 heavy (non-hydrogen) atoms. The Labute approximate surface area is 176 Å². The zero-order valence-corrected chi connectivity index (χ0v) is 16.7. The van der Waals surface area contributed by atoms with Crippen molar-refractivity contribution in [2.24, 2.45) is 0 Å². The molecule has 4 aromatic rings. The largest absolute Gasteiger partial charge is 0.497 e. The summed E-state index contributed by atoms with van der Waals surface area (Å²) in [5.74, 6) is 1.41. The molecule has 0 aliphatic carbocycles. The zero-order chi connectivity index (χ0) is 20.8. The van der Waals surface area contributed by atoms with Crippen LogP contribution in [0.25, 0.3) is 11.1 Å². The van der Waals surface area contributed by atoms with Crippen molar-refractivity contribution < 1.29 is 14.3 Å². The van der Waals surface area contributed by atoms with E-state index in [0.29, 0.717) is 17.7 Å². The number of benzene rings is 4. The Balaban J connectivity index is 1.57. The number of carbonyl (C=O) groups is 1. The summed E-state index contributed by atoms with van der Waals surface area (Å²) in [5, 5.41) is 0. The smallest absolute Gasteiger partial charge is 0.193 e. The van der Waals surface area contributed by atoms with Crippen molar-refractivity contribution in [2.45, 2.75) is 6.61 Å². The van der Waals surface area contributed by atoms with Crippen molar-refractivity contribution in [3.63, 3.8) is 0 Å². The van der Waals surface area contributed by atoms with Crippen LogP contribution in [0.3, 0.4) is 0 Å². The second-order valence-corrected chi connectivity index (χ2v) is 6.91. The molecule has 0 spiro atoms. The van der Waals surface area contributed by atoms with Crippen molar-refractivity contribution in [2.75, 3.05) is 7.11 Å². The van der Waals surface area contributed by atoms with Gasteiger partial charge in [0.15, 0.2) is 5.78 Å². The molecule has 0 N–H and O–H groups in total. The van der Waals surface area contributed by atoms with Crippen LogP contribution in [-0.2, 0) is 6.61 Å². The molecule has 0 radical (unpaired) electrons. The van der Waals surface area contributed by atoms with Crippen LogP contribution in [0.15, 0.2) is 103 Å². The van der Waals surface area contributed by atoms with E-state index in [1.807, 2.05) is 103 Å². The number of hydrogen-bond acceptors (Lipinski definition) is 3. The molecule has 0 aliphatic heterocycles. The van der Waals surface area contributed by atoms with E-state index in [4.69, 9.17) is 9.47 Å². The SMILES string of the molecule is COc1ccc(C(=O)c2ccc(OCc3ccccc3)cc2)c(-c2ccccc2)c1. The lowest BCUT2D eigenvalue weighted by Crippen LogP contribution is -2.04. The number of carbonyl (C=O) groups excluding carboxylic acids is 1.